The Bertz CT molecular complexity index is 1300. The standard InChI is InChI=1S/C29H34N2O3S2/c1-30(36(33,34)26-12-6-3-7-13-26)22-25(24-10-4-2-5-11-24)16-19-31-20-17-29(18-21-31)23-35(32)28-15-9-8-14-27(28)29/h2-15,25H,16-23H2,1H3. The Kier molecular flexibility index (Phi) is 7.45. The van der Waals surface area contributed by atoms with Crippen LogP contribution in [0, 0.1) is 0 Å². The van der Waals surface area contributed by atoms with E-state index in [0.717, 1.165) is 49.5 Å². The molecule has 2 aliphatic heterocycles. The molecular formula is C29H34N2O3S2. The SMILES string of the molecule is CN(CC(CCN1CCC2(CC1)CS(=O)c1ccccc12)c1ccccc1)S(=O)(=O)c1ccccc1. The molecule has 3 aromatic carbocycles. The van der Waals surface area contributed by atoms with Gasteiger partial charge in [0.2, 0.25) is 10.0 Å². The summed E-state index contributed by atoms with van der Waals surface area (Å²) in [5, 5.41) is 0. The zero-order valence-electron chi connectivity index (χ0n) is 20.8. The fourth-order valence-electron chi connectivity index (χ4n) is 5.74. The van der Waals surface area contributed by atoms with Gasteiger partial charge in [0.25, 0.3) is 0 Å². The van der Waals surface area contributed by atoms with Gasteiger partial charge >= 0.3 is 0 Å². The Balaban J connectivity index is 1.25. The van der Waals surface area contributed by atoms with Gasteiger partial charge in [0.05, 0.1) is 15.7 Å². The van der Waals surface area contributed by atoms with Gasteiger partial charge in [-0.1, -0.05) is 66.7 Å². The molecule has 0 amide bonds. The normalized spacial score (nSPS) is 20.4. The van der Waals surface area contributed by atoms with E-state index in [0.29, 0.717) is 11.4 Å². The van der Waals surface area contributed by atoms with Crippen molar-refractivity contribution < 1.29 is 12.6 Å². The van der Waals surface area contributed by atoms with E-state index < -0.39 is 20.8 Å². The second kappa shape index (κ2) is 10.6. The molecule has 0 aromatic heterocycles. The molecule has 1 fully saturated rings. The molecule has 0 saturated carbocycles. The van der Waals surface area contributed by atoms with Gasteiger partial charge in [0.15, 0.2) is 0 Å². The number of likely N-dealkylation sites (tertiary alicyclic amines) is 1. The number of hydrogen-bond acceptors (Lipinski definition) is 4. The minimum atomic E-state index is -3.54. The first-order chi connectivity index (χ1) is 17.4. The number of benzene rings is 3. The van der Waals surface area contributed by atoms with Crippen molar-refractivity contribution in [2.45, 2.75) is 40.4 Å². The highest BCUT2D eigenvalue weighted by Gasteiger charge is 2.44. The molecule has 0 bridgehead atoms. The van der Waals surface area contributed by atoms with E-state index in [-0.39, 0.29) is 11.3 Å². The molecule has 1 saturated heterocycles. The average Bonchev–Trinajstić information content (AvgIpc) is 3.19. The number of rotatable bonds is 8. The number of hydrogen-bond donors (Lipinski definition) is 0. The van der Waals surface area contributed by atoms with Gasteiger partial charge in [-0.15, -0.1) is 0 Å². The summed E-state index contributed by atoms with van der Waals surface area (Å²) in [6.45, 7) is 3.31. The molecule has 190 valence electrons. The maximum atomic E-state index is 13.2. The number of fused-ring (bicyclic) bond motifs is 2. The second-order valence-electron chi connectivity index (χ2n) is 10.1. The first-order valence-corrected chi connectivity index (χ1v) is 15.4. The predicted molar refractivity (Wildman–Crippen MR) is 145 cm³/mol. The zero-order chi connectivity index (χ0) is 25.2. The molecule has 2 unspecified atom stereocenters. The van der Waals surface area contributed by atoms with Crippen LogP contribution in [0.3, 0.4) is 0 Å². The van der Waals surface area contributed by atoms with Crippen LogP contribution in [0.15, 0.2) is 94.7 Å². The van der Waals surface area contributed by atoms with Crippen LogP contribution in [-0.4, -0.2) is 60.8 Å². The maximum Gasteiger partial charge on any atom is 0.242 e. The molecule has 2 aliphatic rings. The highest BCUT2D eigenvalue weighted by Crippen LogP contribution is 2.44. The molecule has 7 heteroatoms. The minimum absolute atomic E-state index is 0.0424. The van der Waals surface area contributed by atoms with Crippen LogP contribution in [0.4, 0.5) is 0 Å². The molecule has 0 radical (unpaired) electrons. The maximum absolute atomic E-state index is 13.2. The van der Waals surface area contributed by atoms with Crippen LogP contribution >= 0.6 is 0 Å². The fraction of sp³-hybridized carbons (Fsp3) is 0.379. The molecule has 5 rings (SSSR count). The molecule has 2 heterocycles. The van der Waals surface area contributed by atoms with Gasteiger partial charge < -0.3 is 4.90 Å². The average molecular weight is 523 g/mol. The Labute approximate surface area is 217 Å². The van der Waals surface area contributed by atoms with Crippen molar-refractivity contribution in [1.82, 2.24) is 9.21 Å². The summed E-state index contributed by atoms with van der Waals surface area (Å²) in [7, 11) is -2.76. The van der Waals surface area contributed by atoms with E-state index in [1.807, 2.05) is 36.4 Å². The van der Waals surface area contributed by atoms with Crippen molar-refractivity contribution >= 4 is 20.8 Å². The molecule has 0 N–H and O–H groups in total. The molecular weight excluding hydrogens is 488 g/mol. The van der Waals surface area contributed by atoms with Gasteiger partial charge in [-0.25, -0.2) is 12.7 Å². The summed E-state index contributed by atoms with van der Waals surface area (Å²) < 4.78 is 40.6. The molecule has 5 nitrogen and oxygen atoms in total. The van der Waals surface area contributed by atoms with E-state index in [1.165, 1.54) is 15.4 Å². The quantitative estimate of drug-likeness (QED) is 0.433. The molecule has 36 heavy (non-hydrogen) atoms. The van der Waals surface area contributed by atoms with Gasteiger partial charge in [-0.2, -0.15) is 0 Å². The zero-order valence-corrected chi connectivity index (χ0v) is 22.4. The molecule has 1 spiro atoms. The summed E-state index contributed by atoms with van der Waals surface area (Å²) in [4.78, 5) is 3.85. The van der Waals surface area contributed by atoms with E-state index in [9.17, 15) is 12.6 Å². The van der Waals surface area contributed by atoms with E-state index in [4.69, 9.17) is 0 Å². The third-order valence-electron chi connectivity index (χ3n) is 7.92. The van der Waals surface area contributed by atoms with Crippen LogP contribution in [0.1, 0.15) is 36.3 Å². The Morgan fingerprint density at radius 1 is 0.917 bits per heavy atom. The monoisotopic (exact) mass is 522 g/mol. The molecule has 3 aromatic rings. The topological polar surface area (TPSA) is 57.7 Å². The molecule has 2 atom stereocenters. The highest BCUT2D eigenvalue weighted by molar-refractivity contribution is 7.89. The lowest BCUT2D eigenvalue weighted by atomic mass is 9.74. The third kappa shape index (κ3) is 5.07. The highest BCUT2D eigenvalue weighted by atomic mass is 32.2. The van der Waals surface area contributed by atoms with Gasteiger partial charge in [0.1, 0.15) is 0 Å². The van der Waals surface area contributed by atoms with Crippen molar-refractivity contribution in [3.8, 4) is 0 Å². The van der Waals surface area contributed by atoms with E-state index >= 15 is 0 Å². The first-order valence-electron chi connectivity index (χ1n) is 12.7. The Morgan fingerprint density at radius 3 is 2.22 bits per heavy atom. The van der Waals surface area contributed by atoms with Crippen LogP contribution in [-0.2, 0) is 26.2 Å². The summed E-state index contributed by atoms with van der Waals surface area (Å²) in [5.74, 6) is 0.847. The number of nitrogens with zero attached hydrogens (tertiary/aromatic N) is 2. The summed E-state index contributed by atoms with van der Waals surface area (Å²) in [6.07, 6.45) is 2.93. The van der Waals surface area contributed by atoms with Crippen LogP contribution in [0.5, 0.6) is 0 Å². The van der Waals surface area contributed by atoms with Crippen LogP contribution in [0.2, 0.25) is 0 Å². The first kappa shape index (κ1) is 25.3. The third-order valence-corrected chi connectivity index (χ3v) is 11.4. The summed E-state index contributed by atoms with van der Waals surface area (Å²) in [5.41, 5.74) is 2.50. The smallest absolute Gasteiger partial charge is 0.242 e. The van der Waals surface area contributed by atoms with Crippen LogP contribution < -0.4 is 0 Å². The summed E-state index contributed by atoms with van der Waals surface area (Å²) in [6, 6.07) is 27.2. The Morgan fingerprint density at radius 2 is 1.53 bits per heavy atom. The fourth-order valence-corrected chi connectivity index (χ4v) is 8.83. The predicted octanol–water partition coefficient (Wildman–Crippen LogP) is 4.64. The minimum Gasteiger partial charge on any atom is -0.303 e. The van der Waals surface area contributed by atoms with E-state index in [2.05, 4.69) is 29.2 Å². The van der Waals surface area contributed by atoms with Gasteiger partial charge in [-0.05, 0) is 74.1 Å². The number of sulfonamides is 1. The lowest BCUT2D eigenvalue weighted by Gasteiger charge is -2.40. The van der Waals surface area contributed by atoms with Gasteiger partial charge in [-0.3, -0.25) is 4.21 Å². The number of piperidine rings is 1. The van der Waals surface area contributed by atoms with Crippen molar-refractivity contribution in [1.29, 1.82) is 0 Å². The van der Waals surface area contributed by atoms with E-state index in [1.54, 1.807) is 31.3 Å². The number of likely N-dealkylation sites (N-methyl/N-ethyl adjacent to an activating group) is 1. The Hall–Kier alpha value is -2.32. The van der Waals surface area contributed by atoms with Crippen molar-refractivity contribution in [3.63, 3.8) is 0 Å². The van der Waals surface area contributed by atoms with Gasteiger partial charge in [0, 0.05) is 29.7 Å². The lowest BCUT2D eigenvalue weighted by molar-refractivity contribution is 0.165. The lowest BCUT2D eigenvalue weighted by Crippen LogP contribution is -2.44. The largest absolute Gasteiger partial charge is 0.303 e. The molecule has 0 aliphatic carbocycles. The van der Waals surface area contributed by atoms with Crippen molar-refractivity contribution in [2.24, 2.45) is 0 Å². The van der Waals surface area contributed by atoms with Crippen molar-refractivity contribution in [3.05, 3.63) is 96.1 Å². The second-order valence-corrected chi connectivity index (χ2v) is 13.6. The van der Waals surface area contributed by atoms with Crippen molar-refractivity contribution in [2.75, 3.05) is 39.0 Å². The van der Waals surface area contributed by atoms with Crippen LogP contribution in [0.25, 0.3) is 0 Å². The summed E-state index contributed by atoms with van der Waals surface area (Å²) >= 11 is 0.